The Labute approximate surface area is 130 Å². The highest BCUT2D eigenvalue weighted by Crippen LogP contribution is 2.22. The van der Waals surface area contributed by atoms with E-state index in [4.69, 9.17) is 10.5 Å². The van der Waals surface area contributed by atoms with Gasteiger partial charge in [-0.05, 0) is 25.5 Å². The molecule has 2 aromatic rings. The zero-order valence-corrected chi connectivity index (χ0v) is 13.1. The lowest BCUT2D eigenvalue weighted by atomic mass is 10.0. The molecule has 0 aliphatic rings. The fraction of sp³-hybridized carbons (Fsp3) is 0.412. The number of nitrogens with one attached hydrogen (secondary N) is 1. The van der Waals surface area contributed by atoms with Crippen LogP contribution >= 0.6 is 0 Å². The predicted molar refractivity (Wildman–Crippen MR) is 87.7 cm³/mol. The van der Waals surface area contributed by atoms with E-state index >= 15 is 0 Å². The third kappa shape index (κ3) is 4.18. The lowest BCUT2D eigenvalue weighted by molar-refractivity contribution is -0.124. The molecular formula is C17H23N3O2. The predicted octanol–water partition coefficient (Wildman–Crippen LogP) is 2.10. The van der Waals surface area contributed by atoms with Gasteiger partial charge in [-0.1, -0.05) is 25.1 Å². The van der Waals surface area contributed by atoms with Crippen molar-refractivity contribution in [3.8, 4) is 5.75 Å². The zero-order chi connectivity index (χ0) is 15.9. The van der Waals surface area contributed by atoms with E-state index in [0.29, 0.717) is 13.2 Å². The molecule has 2 rings (SSSR count). The van der Waals surface area contributed by atoms with Crippen molar-refractivity contribution < 1.29 is 9.53 Å². The summed E-state index contributed by atoms with van der Waals surface area (Å²) in [6.07, 6.45) is 2.49. The first-order valence-electron chi connectivity index (χ1n) is 7.59. The zero-order valence-electron chi connectivity index (χ0n) is 13.1. The van der Waals surface area contributed by atoms with Crippen LogP contribution in [0.15, 0.2) is 36.5 Å². The molecule has 1 aromatic heterocycles. The maximum absolute atomic E-state index is 11.8. The average Bonchev–Trinajstić information content (AvgIpc) is 2.53. The maximum atomic E-state index is 11.8. The van der Waals surface area contributed by atoms with E-state index in [1.54, 1.807) is 6.20 Å². The minimum atomic E-state index is -0.178. The topological polar surface area (TPSA) is 77.2 Å². The molecule has 1 heterocycles. The first kappa shape index (κ1) is 16.2. The molecule has 0 bridgehead atoms. The van der Waals surface area contributed by atoms with E-state index in [1.165, 1.54) is 0 Å². The highest BCUT2D eigenvalue weighted by Gasteiger charge is 2.15. The Morgan fingerprint density at radius 3 is 2.86 bits per heavy atom. The summed E-state index contributed by atoms with van der Waals surface area (Å²) in [5, 5.41) is 3.93. The molecule has 0 radical (unpaired) electrons. The first-order valence-corrected chi connectivity index (χ1v) is 7.59. The number of ether oxygens (including phenoxy) is 1. The number of benzene rings is 1. The van der Waals surface area contributed by atoms with Crippen LogP contribution in [0.3, 0.4) is 0 Å². The molecule has 22 heavy (non-hydrogen) atoms. The molecule has 0 aliphatic carbocycles. The second kappa shape index (κ2) is 7.75. The summed E-state index contributed by atoms with van der Waals surface area (Å²) in [6, 6.07) is 9.63. The van der Waals surface area contributed by atoms with Crippen molar-refractivity contribution in [1.29, 1.82) is 0 Å². The highest BCUT2D eigenvalue weighted by molar-refractivity contribution is 5.84. The number of nitrogens with zero attached hydrogens (tertiary/aromatic N) is 1. The number of carbonyl (C=O) groups is 1. The summed E-state index contributed by atoms with van der Waals surface area (Å²) in [6.45, 7) is 4.77. The summed E-state index contributed by atoms with van der Waals surface area (Å²) in [5.41, 5.74) is 6.56. The van der Waals surface area contributed by atoms with Crippen molar-refractivity contribution in [2.75, 3.05) is 13.2 Å². The Balaban J connectivity index is 1.78. The fourth-order valence-electron chi connectivity index (χ4n) is 2.06. The van der Waals surface area contributed by atoms with E-state index in [1.807, 2.05) is 44.2 Å². The van der Waals surface area contributed by atoms with Crippen LogP contribution in [0.25, 0.3) is 10.9 Å². The molecule has 5 heteroatoms. The van der Waals surface area contributed by atoms with Crippen LogP contribution in [0.2, 0.25) is 0 Å². The van der Waals surface area contributed by atoms with Gasteiger partial charge in [0, 0.05) is 30.1 Å². The number of amides is 1. The van der Waals surface area contributed by atoms with Crippen LogP contribution < -0.4 is 15.8 Å². The van der Waals surface area contributed by atoms with Crippen molar-refractivity contribution in [3.05, 3.63) is 36.5 Å². The Morgan fingerprint density at radius 2 is 2.09 bits per heavy atom. The van der Waals surface area contributed by atoms with Gasteiger partial charge in [0.15, 0.2) is 0 Å². The number of pyridine rings is 1. The van der Waals surface area contributed by atoms with E-state index in [9.17, 15) is 4.79 Å². The maximum Gasteiger partial charge on any atom is 0.224 e. The first-order chi connectivity index (χ1) is 10.6. The molecule has 0 spiro atoms. The van der Waals surface area contributed by atoms with Gasteiger partial charge in [0.1, 0.15) is 11.3 Å². The lowest BCUT2D eigenvalue weighted by Crippen LogP contribution is -2.39. The molecule has 118 valence electrons. The molecule has 0 aliphatic heterocycles. The monoisotopic (exact) mass is 301 g/mol. The van der Waals surface area contributed by atoms with Crippen molar-refractivity contribution in [3.63, 3.8) is 0 Å². The van der Waals surface area contributed by atoms with Crippen molar-refractivity contribution in [2.24, 2.45) is 11.7 Å². The van der Waals surface area contributed by atoms with Gasteiger partial charge in [-0.25, -0.2) is 0 Å². The SMILES string of the molecule is CC(N)C(C)C(=O)NCCCOc1cccc2cccnc12. The Morgan fingerprint density at radius 1 is 1.32 bits per heavy atom. The van der Waals surface area contributed by atoms with Crippen molar-refractivity contribution in [1.82, 2.24) is 10.3 Å². The standard InChI is InChI=1S/C17H23N3O2/c1-12(13(2)18)17(21)20-10-5-11-22-15-8-3-6-14-7-4-9-19-16(14)15/h3-4,6-9,12-13H,5,10-11,18H2,1-2H3,(H,20,21). The van der Waals surface area contributed by atoms with E-state index in [2.05, 4.69) is 10.3 Å². The van der Waals surface area contributed by atoms with E-state index in [-0.39, 0.29) is 17.9 Å². The summed E-state index contributed by atoms with van der Waals surface area (Å²) >= 11 is 0. The molecule has 2 unspecified atom stereocenters. The quantitative estimate of drug-likeness (QED) is 0.768. The number of aromatic nitrogens is 1. The van der Waals surface area contributed by atoms with Crippen LogP contribution in [0.1, 0.15) is 20.3 Å². The number of fused-ring (bicyclic) bond motifs is 1. The smallest absolute Gasteiger partial charge is 0.224 e. The fourth-order valence-corrected chi connectivity index (χ4v) is 2.06. The minimum absolute atomic E-state index is 0.0122. The van der Waals surface area contributed by atoms with Crippen LogP contribution in [0.4, 0.5) is 0 Å². The third-order valence-corrected chi connectivity index (χ3v) is 3.68. The summed E-state index contributed by atoms with van der Waals surface area (Å²) in [4.78, 5) is 16.1. The lowest BCUT2D eigenvalue weighted by Gasteiger charge is -2.15. The third-order valence-electron chi connectivity index (χ3n) is 3.68. The van der Waals surface area contributed by atoms with E-state index in [0.717, 1.165) is 23.1 Å². The van der Waals surface area contributed by atoms with Gasteiger partial charge < -0.3 is 15.8 Å². The number of para-hydroxylation sites is 1. The van der Waals surface area contributed by atoms with Crippen LogP contribution in [-0.2, 0) is 4.79 Å². The van der Waals surface area contributed by atoms with Gasteiger partial charge in [0.05, 0.1) is 6.61 Å². The Bertz CT molecular complexity index is 623. The number of hydrogen-bond acceptors (Lipinski definition) is 4. The summed E-state index contributed by atoms with van der Waals surface area (Å²) in [5.74, 6) is 0.582. The van der Waals surface area contributed by atoms with Gasteiger partial charge in [0.2, 0.25) is 5.91 Å². The van der Waals surface area contributed by atoms with Gasteiger partial charge >= 0.3 is 0 Å². The number of carbonyl (C=O) groups excluding carboxylic acids is 1. The molecule has 3 N–H and O–H groups in total. The Kier molecular flexibility index (Phi) is 5.72. The van der Waals surface area contributed by atoms with Gasteiger partial charge in [-0.2, -0.15) is 0 Å². The van der Waals surface area contributed by atoms with Crippen LogP contribution in [0, 0.1) is 5.92 Å². The van der Waals surface area contributed by atoms with Gasteiger partial charge in [-0.3, -0.25) is 9.78 Å². The molecule has 1 amide bonds. The average molecular weight is 301 g/mol. The highest BCUT2D eigenvalue weighted by atomic mass is 16.5. The number of nitrogens with two attached hydrogens (primary N) is 1. The van der Waals surface area contributed by atoms with Crippen LogP contribution in [0.5, 0.6) is 5.75 Å². The Hall–Kier alpha value is -2.14. The van der Waals surface area contributed by atoms with E-state index < -0.39 is 0 Å². The molecule has 5 nitrogen and oxygen atoms in total. The van der Waals surface area contributed by atoms with Crippen molar-refractivity contribution in [2.45, 2.75) is 26.3 Å². The molecule has 0 fully saturated rings. The molecule has 2 atom stereocenters. The largest absolute Gasteiger partial charge is 0.491 e. The molecular weight excluding hydrogens is 278 g/mol. The summed E-state index contributed by atoms with van der Waals surface area (Å²) in [7, 11) is 0. The summed E-state index contributed by atoms with van der Waals surface area (Å²) < 4.78 is 5.77. The number of hydrogen-bond donors (Lipinski definition) is 2. The van der Waals surface area contributed by atoms with Crippen molar-refractivity contribution >= 4 is 16.8 Å². The molecule has 1 aromatic carbocycles. The number of rotatable bonds is 7. The minimum Gasteiger partial charge on any atom is -0.491 e. The van der Waals surface area contributed by atoms with Gasteiger partial charge in [0.25, 0.3) is 0 Å². The van der Waals surface area contributed by atoms with Gasteiger partial charge in [-0.15, -0.1) is 0 Å². The molecule has 0 saturated heterocycles. The normalized spacial score (nSPS) is 13.6. The molecule has 0 saturated carbocycles. The second-order valence-corrected chi connectivity index (χ2v) is 5.47. The second-order valence-electron chi connectivity index (χ2n) is 5.47. The van der Waals surface area contributed by atoms with Crippen LogP contribution in [-0.4, -0.2) is 30.1 Å².